The van der Waals surface area contributed by atoms with Gasteiger partial charge in [0.1, 0.15) is 0 Å². The molecule has 0 radical (unpaired) electrons. The Bertz CT molecular complexity index is 4.00. The van der Waals surface area contributed by atoms with E-state index < -0.39 is 0 Å². The molecule has 4 heteroatoms. The van der Waals surface area contributed by atoms with E-state index in [1.807, 2.05) is 0 Å². The molecule has 24 valence electrons. The molecule has 0 aromatic rings. The van der Waals surface area contributed by atoms with Gasteiger partial charge < -0.3 is 11.0 Å². The van der Waals surface area contributed by atoms with E-state index >= 15 is 0 Å². The maximum atomic E-state index is 0. The van der Waals surface area contributed by atoms with E-state index in [0.717, 1.165) is 0 Å². The van der Waals surface area contributed by atoms with Crippen LogP contribution in [0.3, 0.4) is 0 Å². The predicted molar refractivity (Wildman–Crippen MR) is 1.37 cm³/mol. The Kier molecular flexibility index (Phi) is 184. The molecule has 4 heavy (non-hydrogen) atoms. The van der Waals surface area contributed by atoms with E-state index in [4.69, 9.17) is 0 Å². The van der Waals surface area contributed by atoms with Gasteiger partial charge in [0.2, 0.25) is 0 Å². The van der Waals surface area contributed by atoms with E-state index in [2.05, 4.69) is 0 Å². The molecule has 0 aromatic carbocycles. The van der Waals surface area contributed by atoms with E-state index in [0.29, 0.717) is 0 Å². The Morgan fingerprint density at radius 2 is 0.500 bits per heavy atom. The van der Waals surface area contributed by atoms with Gasteiger partial charge >= 0.3 is 0 Å². The summed E-state index contributed by atoms with van der Waals surface area (Å²) in [6.45, 7) is 0. The molecule has 0 heterocycles. The molecule has 0 rings (SSSR count). The van der Waals surface area contributed by atoms with Crippen LogP contribution < -0.4 is 0 Å². The largest absolute Gasteiger partial charge is 2.00 e. The molecule has 0 saturated carbocycles. The SMILES string of the molecule is [O-2].[O-2].[U].[U]. The van der Waals surface area contributed by atoms with Crippen LogP contribution >= 0.6 is 0 Å². The third-order valence-electron chi connectivity index (χ3n) is 0. The first-order valence-electron chi connectivity index (χ1n) is 0. The quantitative estimate of drug-likeness (QED) is 0.435. The molecule has 0 aromatic heterocycles. The van der Waals surface area contributed by atoms with Gasteiger partial charge in [-0.3, -0.25) is 0 Å². The standard InChI is InChI=1S/2O.2U/q2*-2;;. The van der Waals surface area contributed by atoms with Crippen molar-refractivity contribution >= 4 is 0 Å². The van der Waals surface area contributed by atoms with Crippen LogP contribution in [0.4, 0.5) is 0 Å². The maximum Gasteiger partial charge on any atom is 0 e. The van der Waals surface area contributed by atoms with Crippen molar-refractivity contribution in [2.24, 2.45) is 0 Å². The molecule has 0 amide bonds. The van der Waals surface area contributed by atoms with Gasteiger partial charge in [-0.05, 0) is 0 Å². The number of rotatable bonds is 0. The molecule has 0 aliphatic carbocycles. The molecule has 2 nitrogen and oxygen atoms in total. The van der Waals surface area contributed by atoms with Gasteiger partial charge in [-0.15, -0.1) is 0 Å². The summed E-state index contributed by atoms with van der Waals surface area (Å²) in [5, 5.41) is 0. The van der Waals surface area contributed by atoms with Gasteiger partial charge in [0, 0.05) is 62.2 Å². The van der Waals surface area contributed by atoms with E-state index in [9.17, 15) is 0 Å². The minimum absolute atomic E-state index is 0. The molecule has 0 bridgehead atoms. The van der Waals surface area contributed by atoms with Crippen LogP contribution in [0.5, 0.6) is 0 Å². The molecule has 0 unspecified atom stereocenters. The van der Waals surface area contributed by atoms with Crippen molar-refractivity contribution in [2.75, 3.05) is 0 Å². The molecular formula is O2U2-4. The average molecular weight is 508 g/mol. The third-order valence-corrected chi connectivity index (χ3v) is 0. The topological polar surface area (TPSA) is 57.0 Å². The molecule has 0 spiro atoms. The van der Waals surface area contributed by atoms with Gasteiger partial charge in [0.25, 0.3) is 0 Å². The summed E-state index contributed by atoms with van der Waals surface area (Å²) < 4.78 is 0. The van der Waals surface area contributed by atoms with Crippen molar-refractivity contribution in [1.82, 2.24) is 0 Å². The first kappa shape index (κ1) is 37.1. The molecule has 0 saturated heterocycles. The Morgan fingerprint density at radius 1 is 0.500 bits per heavy atom. The van der Waals surface area contributed by atoms with Crippen LogP contribution in [0.25, 0.3) is 0 Å². The summed E-state index contributed by atoms with van der Waals surface area (Å²) in [5.41, 5.74) is 0. The van der Waals surface area contributed by atoms with Gasteiger partial charge in [-0.2, -0.15) is 0 Å². The minimum Gasteiger partial charge on any atom is -2.00 e. The first-order chi connectivity index (χ1) is 0. The van der Waals surface area contributed by atoms with Gasteiger partial charge in [0.15, 0.2) is 0 Å². The van der Waals surface area contributed by atoms with Crippen molar-refractivity contribution in [2.45, 2.75) is 0 Å². The van der Waals surface area contributed by atoms with Crippen molar-refractivity contribution in [3.05, 3.63) is 0 Å². The van der Waals surface area contributed by atoms with Crippen LogP contribution in [-0.4, -0.2) is 0 Å². The van der Waals surface area contributed by atoms with Gasteiger partial charge in [0.05, 0.1) is 0 Å². The fourth-order valence-electron chi connectivity index (χ4n) is 0. The molecule has 0 fully saturated rings. The number of hydrogen-bond acceptors (Lipinski definition) is 0. The fourth-order valence-corrected chi connectivity index (χ4v) is 0. The molecule has 0 atom stereocenters. The fraction of sp³-hybridized carbons (Fsp3) is 0. The second-order valence-corrected chi connectivity index (χ2v) is 0. The molecule has 0 aliphatic rings. The van der Waals surface area contributed by atoms with Crippen molar-refractivity contribution in [1.29, 1.82) is 0 Å². The summed E-state index contributed by atoms with van der Waals surface area (Å²) in [6.07, 6.45) is 0. The zero-order chi connectivity index (χ0) is 0. The Labute approximate surface area is 72.1 Å². The summed E-state index contributed by atoms with van der Waals surface area (Å²) >= 11 is 0. The van der Waals surface area contributed by atoms with Gasteiger partial charge in [-0.1, -0.05) is 0 Å². The van der Waals surface area contributed by atoms with Crippen LogP contribution in [0.2, 0.25) is 0 Å². The summed E-state index contributed by atoms with van der Waals surface area (Å²) in [5.74, 6) is 0. The first-order valence-corrected chi connectivity index (χ1v) is 0. The zero-order valence-electron chi connectivity index (χ0n) is 1.82. The van der Waals surface area contributed by atoms with E-state index in [1.165, 1.54) is 0 Å². The van der Waals surface area contributed by atoms with Crippen LogP contribution in [0.15, 0.2) is 0 Å². The predicted octanol–water partition coefficient (Wildman–Crippen LogP) is -0.238. The second kappa shape index (κ2) is 19.9. The van der Waals surface area contributed by atoms with Crippen molar-refractivity contribution < 1.29 is 73.2 Å². The van der Waals surface area contributed by atoms with Gasteiger partial charge in [-0.25, -0.2) is 0 Å². The third kappa shape index (κ3) is 8.98. The van der Waals surface area contributed by atoms with Crippen LogP contribution in [0, 0.1) is 62.2 Å². The Morgan fingerprint density at radius 3 is 0.500 bits per heavy atom. The molecular weight excluding hydrogens is 508 g/mol. The van der Waals surface area contributed by atoms with E-state index in [-0.39, 0.29) is 73.2 Å². The van der Waals surface area contributed by atoms with Crippen LogP contribution in [-0.2, 0) is 11.0 Å². The van der Waals surface area contributed by atoms with Crippen molar-refractivity contribution in [3.63, 3.8) is 0 Å². The second-order valence-electron chi connectivity index (χ2n) is 0. The Balaban J connectivity index is 0. The average Bonchev–Trinajstić information content (AvgIpc) is 0. The normalized spacial score (nSPS) is 0. The summed E-state index contributed by atoms with van der Waals surface area (Å²) in [7, 11) is 0. The summed E-state index contributed by atoms with van der Waals surface area (Å²) in [6, 6.07) is 0. The minimum atomic E-state index is 0. The monoisotopic (exact) mass is 508 g/mol. The smallest absolute Gasteiger partial charge is 0 e. The summed E-state index contributed by atoms with van der Waals surface area (Å²) in [4.78, 5) is 0. The Hall–Kier alpha value is 2.02. The van der Waals surface area contributed by atoms with E-state index in [1.54, 1.807) is 0 Å². The molecule has 0 aliphatic heterocycles. The van der Waals surface area contributed by atoms with Crippen molar-refractivity contribution in [3.8, 4) is 0 Å². The number of hydrogen-bond donors (Lipinski definition) is 0. The zero-order valence-corrected chi connectivity index (χ0v) is 10.1. The maximum absolute atomic E-state index is 0. The molecule has 0 N–H and O–H groups in total. The van der Waals surface area contributed by atoms with Crippen LogP contribution in [0.1, 0.15) is 0 Å².